The molecule has 0 aliphatic carbocycles. The molecule has 0 aliphatic rings. The van der Waals surface area contributed by atoms with Gasteiger partial charge in [-0.2, -0.15) is 0 Å². The first-order valence-corrected chi connectivity index (χ1v) is 6.41. The first kappa shape index (κ1) is 12.4. The molecule has 0 spiro atoms. The molecular weight excluding hydrogens is 300 g/mol. The van der Waals surface area contributed by atoms with Gasteiger partial charge in [0.25, 0.3) is 0 Å². The van der Waals surface area contributed by atoms with Crippen molar-refractivity contribution in [3.05, 3.63) is 57.7 Å². The van der Waals surface area contributed by atoms with Crippen LogP contribution in [0.5, 0.6) is 0 Å². The number of halogens is 2. The molecule has 0 bridgehead atoms. The van der Waals surface area contributed by atoms with E-state index in [2.05, 4.69) is 31.9 Å². The van der Waals surface area contributed by atoms with Crippen molar-refractivity contribution in [2.45, 2.75) is 6.54 Å². The molecule has 2 rings (SSSR count). The summed E-state index contributed by atoms with van der Waals surface area (Å²) in [6.45, 7) is 0.786. The lowest BCUT2D eigenvalue weighted by Crippen LogP contribution is -2.17. The van der Waals surface area contributed by atoms with Crippen molar-refractivity contribution in [1.29, 1.82) is 0 Å². The van der Waals surface area contributed by atoms with Gasteiger partial charge in [0.05, 0.1) is 0 Å². The highest BCUT2D eigenvalue weighted by Gasteiger charge is 2.06. The van der Waals surface area contributed by atoms with Crippen molar-refractivity contribution in [1.82, 2.24) is 4.98 Å². The molecule has 1 aromatic heterocycles. The molecule has 0 atom stereocenters. The third kappa shape index (κ3) is 3.20. The zero-order chi connectivity index (χ0) is 12.3. The highest BCUT2D eigenvalue weighted by atomic mass is 79.9. The number of rotatable bonds is 3. The molecule has 4 heteroatoms. The lowest BCUT2D eigenvalue weighted by Gasteiger charge is -2.19. The van der Waals surface area contributed by atoms with Crippen LogP contribution in [0.1, 0.15) is 5.56 Å². The molecule has 0 unspecified atom stereocenters. The molecule has 2 aromatic rings. The van der Waals surface area contributed by atoms with E-state index >= 15 is 0 Å². The predicted octanol–water partition coefficient (Wildman–Crippen LogP) is 4.13. The number of pyridine rings is 1. The van der Waals surface area contributed by atoms with Crippen LogP contribution in [0.4, 0.5) is 5.82 Å². The molecular formula is C13H12BrClN2. The minimum Gasteiger partial charge on any atom is -0.355 e. The van der Waals surface area contributed by atoms with Crippen LogP contribution in [-0.4, -0.2) is 12.0 Å². The molecule has 17 heavy (non-hydrogen) atoms. The van der Waals surface area contributed by atoms with Crippen LogP contribution in [-0.2, 0) is 6.54 Å². The quantitative estimate of drug-likeness (QED) is 0.792. The summed E-state index contributed by atoms with van der Waals surface area (Å²) < 4.78 is 1.11. The number of nitrogens with zero attached hydrogens (tertiary/aromatic N) is 2. The standard InChI is InChI=1S/C13H12BrClN2/c1-17(13-8-4-7-12(15)16-13)9-10-5-2-3-6-11(10)14/h2-8H,9H2,1H3. The minimum atomic E-state index is 0.515. The first-order chi connectivity index (χ1) is 8.16. The van der Waals surface area contributed by atoms with E-state index in [0.717, 1.165) is 16.8 Å². The Bertz CT molecular complexity index is 516. The maximum atomic E-state index is 5.88. The summed E-state index contributed by atoms with van der Waals surface area (Å²) in [5.74, 6) is 0.869. The van der Waals surface area contributed by atoms with Crippen LogP contribution < -0.4 is 4.90 Å². The first-order valence-electron chi connectivity index (χ1n) is 5.24. The Balaban J connectivity index is 2.17. The third-order valence-electron chi connectivity index (χ3n) is 2.46. The van der Waals surface area contributed by atoms with E-state index < -0.39 is 0 Å². The van der Waals surface area contributed by atoms with Gasteiger partial charge in [-0.25, -0.2) is 4.98 Å². The fraction of sp³-hybridized carbons (Fsp3) is 0.154. The van der Waals surface area contributed by atoms with Gasteiger partial charge in [0.2, 0.25) is 0 Å². The average molecular weight is 312 g/mol. The Kier molecular flexibility index (Phi) is 4.02. The Morgan fingerprint density at radius 3 is 2.65 bits per heavy atom. The highest BCUT2D eigenvalue weighted by molar-refractivity contribution is 9.10. The summed E-state index contributed by atoms with van der Waals surface area (Å²) in [6.07, 6.45) is 0. The second-order valence-corrected chi connectivity index (χ2v) is 5.01. The molecule has 1 heterocycles. The van der Waals surface area contributed by atoms with Gasteiger partial charge in [0.15, 0.2) is 0 Å². The largest absolute Gasteiger partial charge is 0.355 e. The van der Waals surface area contributed by atoms with Gasteiger partial charge in [0, 0.05) is 18.1 Å². The van der Waals surface area contributed by atoms with Crippen molar-refractivity contribution in [2.24, 2.45) is 0 Å². The summed E-state index contributed by atoms with van der Waals surface area (Å²) in [7, 11) is 2.00. The third-order valence-corrected chi connectivity index (χ3v) is 3.44. The number of hydrogen-bond acceptors (Lipinski definition) is 2. The topological polar surface area (TPSA) is 16.1 Å². The fourth-order valence-electron chi connectivity index (χ4n) is 1.57. The summed E-state index contributed by atoms with van der Waals surface area (Å²) >= 11 is 9.41. The van der Waals surface area contributed by atoms with Gasteiger partial charge < -0.3 is 4.90 Å². The second kappa shape index (κ2) is 5.52. The van der Waals surface area contributed by atoms with Crippen LogP contribution >= 0.6 is 27.5 Å². The van der Waals surface area contributed by atoms with Crippen LogP contribution in [0, 0.1) is 0 Å². The molecule has 0 saturated carbocycles. The van der Waals surface area contributed by atoms with E-state index in [1.54, 1.807) is 6.07 Å². The summed E-state index contributed by atoms with van der Waals surface area (Å²) in [4.78, 5) is 6.34. The number of anilines is 1. The molecule has 88 valence electrons. The normalized spacial score (nSPS) is 10.3. The molecule has 0 amide bonds. The van der Waals surface area contributed by atoms with E-state index in [-0.39, 0.29) is 0 Å². The Morgan fingerprint density at radius 1 is 1.18 bits per heavy atom. The summed E-state index contributed by atoms with van der Waals surface area (Å²) in [5.41, 5.74) is 1.22. The van der Waals surface area contributed by atoms with Gasteiger partial charge in [-0.1, -0.05) is 51.8 Å². The average Bonchev–Trinajstić information content (AvgIpc) is 2.32. The Hall–Kier alpha value is -1.06. The molecule has 0 N–H and O–H groups in total. The van der Waals surface area contributed by atoms with Crippen molar-refractivity contribution >= 4 is 33.3 Å². The van der Waals surface area contributed by atoms with E-state index in [4.69, 9.17) is 11.6 Å². The van der Waals surface area contributed by atoms with Crippen molar-refractivity contribution < 1.29 is 0 Å². The predicted molar refractivity (Wildman–Crippen MR) is 75.5 cm³/mol. The monoisotopic (exact) mass is 310 g/mol. The maximum Gasteiger partial charge on any atom is 0.131 e. The zero-order valence-corrected chi connectivity index (χ0v) is 11.7. The molecule has 0 fully saturated rings. The van der Waals surface area contributed by atoms with Crippen molar-refractivity contribution in [2.75, 3.05) is 11.9 Å². The van der Waals surface area contributed by atoms with Gasteiger partial charge in [-0.05, 0) is 23.8 Å². The van der Waals surface area contributed by atoms with E-state index in [1.807, 2.05) is 37.4 Å². The Labute approximate surface area is 114 Å². The van der Waals surface area contributed by atoms with Crippen LogP contribution in [0.2, 0.25) is 5.15 Å². The van der Waals surface area contributed by atoms with Crippen LogP contribution in [0.15, 0.2) is 46.9 Å². The van der Waals surface area contributed by atoms with Gasteiger partial charge in [-0.15, -0.1) is 0 Å². The maximum absolute atomic E-state index is 5.88. The number of aromatic nitrogens is 1. The lowest BCUT2D eigenvalue weighted by atomic mass is 10.2. The summed E-state index contributed by atoms with van der Waals surface area (Å²) in [5, 5.41) is 0.515. The van der Waals surface area contributed by atoms with E-state index in [1.165, 1.54) is 5.56 Å². The van der Waals surface area contributed by atoms with Crippen LogP contribution in [0.25, 0.3) is 0 Å². The molecule has 2 nitrogen and oxygen atoms in total. The summed E-state index contributed by atoms with van der Waals surface area (Å²) in [6, 6.07) is 13.8. The van der Waals surface area contributed by atoms with Gasteiger partial charge in [0.1, 0.15) is 11.0 Å². The van der Waals surface area contributed by atoms with Crippen LogP contribution in [0.3, 0.4) is 0 Å². The van der Waals surface area contributed by atoms with E-state index in [9.17, 15) is 0 Å². The number of benzene rings is 1. The minimum absolute atomic E-state index is 0.515. The molecule has 0 aliphatic heterocycles. The molecule has 0 saturated heterocycles. The highest BCUT2D eigenvalue weighted by Crippen LogP contribution is 2.20. The smallest absolute Gasteiger partial charge is 0.131 e. The Morgan fingerprint density at radius 2 is 1.94 bits per heavy atom. The zero-order valence-electron chi connectivity index (χ0n) is 9.40. The van der Waals surface area contributed by atoms with Gasteiger partial charge >= 0.3 is 0 Å². The SMILES string of the molecule is CN(Cc1ccccc1Br)c1cccc(Cl)n1. The lowest BCUT2D eigenvalue weighted by molar-refractivity contribution is 0.894. The second-order valence-electron chi connectivity index (χ2n) is 3.77. The number of hydrogen-bond donors (Lipinski definition) is 0. The molecule has 1 aromatic carbocycles. The fourth-order valence-corrected chi connectivity index (χ4v) is 2.14. The van der Waals surface area contributed by atoms with Gasteiger partial charge in [-0.3, -0.25) is 0 Å². The van der Waals surface area contributed by atoms with Crippen molar-refractivity contribution in [3.8, 4) is 0 Å². The van der Waals surface area contributed by atoms with Crippen molar-refractivity contribution in [3.63, 3.8) is 0 Å². The van der Waals surface area contributed by atoms with E-state index in [0.29, 0.717) is 5.15 Å². The molecule has 0 radical (unpaired) electrons.